The highest BCUT2D eigenvalue weighted by molar-refractivity contribution is 7.98. The number of hydrogen-bond acceptors (Lipinski definition) is 8. The van der Waals surface area contributed by atoms with E-state index in [2.05, 4.69) is 24.5 Å². The fourth-order valence-electron chi connectivity index (χ4n) is 1.77. The lowest BCUT2D eigenvalue weighted by molar-refractivity contribution is -0.139. The van der Waals surface area contributed by atoms with E-state index < -0.39 is 30.0 Å². The molecule has 0 spiro atoms. The fraction of sp³-hybridized carbons (Fsp3) is 0.583. The Morgan fingerprint density at radius 1 is 0.946 bits per heavy atom. The number of hydrogen-bond donors (Lipinski definition) is 7. The van der Waals surface area contributed by atoms with Gasteiger partial charge in [-0.05, 0) is 43.5 Å². The van der Waals surface area contributed by atoms with Gasteiger partial charge < -0.3 is 37.4 Å². The van der Waals surface area contributed by atoms with Crippen molar-refractivity contribution in [3.05, 3.63) is 35.9 Å². The van der Waals surface area contributed by atoms with Crippen LogP contribution in [-0.2, 0) is 25.6 Å². The van der Waals surface area contributed by atoms with Crippen LogP contribution < -0.4 is 22.1 Å². The Hall–Kier alpha value is -2.38. The highest BCUT2D eigenvalue weighted by Crippen LogP contribution is 2.01. The summed E-state index contributed by atoms with van der Waals surface area (Å²) in [6.45, 7) is 9.25. The number of aliphatic carboxylic acids is 3. The third-order valence-electron chi connectivity index (χ3n) is 3.55. The number of benzene rings is 1. The first-order valence-electron chi connectivity index (χ1n) is 11.6. The average molecular weight is 569 g/mol. The Labute approximate surface area is 229 Å². The van der Waals surface area contributed by atoms with E-state index in [1.807, 2.05) is 43.5 Å². The number of nitrogens with one attached hydrogen (secondary N) is 2. The molecule has 0 fully saturated rings. The molecule has 37 heavy (non-hydrogen) atoms. The number of carbonyl (C=O) groups is 4. The maximum Gasteiger partial charge on any atom is 0.322 e. The Morgan fingerprint density at radius 2 is 1.41 bits per heavy atom. The van der Waals surface area contributed by atoms with Crippen LogP contribution in [0.15, 0.2) is 30.3 Å². The topological polar surface area (TPSA) is 205 Å². The number of carbonyl (C=O) groups excluding carboxylic acids is 1. The van der Waals surface area contributed by atoms with Crippen molar-refractivity contribution in [2.75, 3.05) is 37.5 Å². The average Bonchev–Trinajstić information content (AvgIpc) is 2.84. The van der Waals surface area contributed by atoms with Crippen molar-refractivity contribution in [2.24, 2.45) is 11.5 Å². The molecule has 1 aromatic carbocycles. The number of nitrogens with two attached hydrogens (primary N) is 2. The number of halogens is 1. The van der Waals surface area contributed by atoms with E-state index in [9.17, 15) is 19.2 Å². The van der Waals surface area contributed by atoms with E-state index in [0.717, 1.165) is 30.3 Å². The zero-order valence-electron chi connectivity index (χ0n) is 22.4. The van der Waals surface area contributed by atoms with E-state index in [4.69, 9.17) is 38.4 Å². The van der Waals surface area contributed by atoms with Gasteiger partial charge in [-0.15, -0.1) is 11.6 Å². The lowest BCUT2D eigenvalue weighted by atomic mass is 10.1. The van der Waals surface area contributed by atoms with E-state index in [1.165, 1.54) is 6.92 Å². The number of thioether (sulfide) groups is 1. The van der Waals surface area contributed by atoms with Crippen molar-refractivity contribution in [2.45, 2.75) is 52.6 Å². The fourth-order valence-corrected chi connectivity index (χ4v) is 2.26. The molecule has 2 atom stereocenters. The molecule has 2 unspecified atom stereocenters. The number of alkyl halides is 1. The Morgan fingerprint density at radius 3 is 1.68 bits per heavy atom. The van der Waals surface area contributed by atoms with Gasteiger partial charge in [-0.2, -0.15) is 11.8 Å². The van der Waals surface area contributed by atoms with E-state index in [0.29, 0.717) is 12.8 Å². The number of amides is 1. The largest absolute Gasteiger partial charge is 0.480 e. The van der Waals surface area contributed by atoms with Crippen molar-refractivity contribution < 1.29 is 34.5 Å². The summed E-state index contributed by atoms with van der Waals surface area (Å²) in [6, 6.07) is 7.86. The second-order valence-electron chi connectivity index (χ2n) is 6.89. The minimum atomic E-state index is -1.03. The zero-order chi connectivity index (χ0) is 29.6. The van der Waals surface area contributed by atoms with Gasteiger partial charge in [0, 0.05) is 12.8 Å². The van der Waals surface area contributed by atoms with E-state index >= 15 is 0 Å². The van der Waals surface area contributed by atoms with Crippen LogP contribution in [0, 0.1) is 0 Å². The summed E-state index contributed by atoms with van der Waals surface area (Å²) < 4.78 is 0. The molecule has 11 nitrogen and oxygen atoms in total. The van der Waals surface area contributed by atoms with Crippen LogP contribution in [0.1, 0.15) is 39.7 Å². The van der Waals surface area contributed by atoms with E-state index in [-0.39, 0.29) is 12.5 Å². The standard InChI is InChI=1S/C9H11NO2.C5H11NO2S.C4H7NO3.C4H11N.C2H5Cl/c10-8(9(11)12)6-7-4-2-1-3-5-7;1-9-3-2-4(6)5(7)8;1-3(6)5-2-4(7)8;1-3-5-4-2;1-2-3/h1-5,8H,6,10H2,(H,11,12);4H,2-3,6H2,1H3,(H,7,8);2H2,1H3,(H,5,6)(H,7,8);5H,3-4H2,1-2H3;2H2,1H3. The minimum absolute atomic E-state index is 0.296. The van der Waals surface area contributed by atoms with Crippen LogP contribution in [-0.4, -0.2) is 88.7 Å². The summed E-state index contributed by atoms with van der Waals surface area (Å²) in [5, 5.41) is 30.0. The monoisotopic (exact) mass is 568 g/mol. The first kappa shape index (κ1) is 41.7. The second kappa shape index (κ2) is 31.6. The molecule has 1 amide bonds. The molecule has 216 valence electrons. The van der Waals surface area contributed by atoms with Gasteiger partial charge in [0.05, 0.1) is 0 Å². The molecular formula is C24H45ClN4O7S. The molecule has 0 bridgehead atoms. The molecule has 1 aromatic rings. The molecule has 0 saturated heterocycles. The maximum atomic E-state index is 10.4. The van der Waals surface area contributed by atoms with Crippen molar-refractivity contribution >= 4 is 47.2 Å². The first-order chi connectivity index (χ1) is 17.3. The molecule has 0 saturated carbocycles. The number of carboxylic acids is 3. The molecule has 0 heterocycles. The summed E-state index contributed by atoms with van der Waals surface area (Å²) in [7, 11) is 0. The van der Waals surface area contributed by atoms with Crippen LogP contribution in [0.5, 0.6) is 0 Å². The van der Waals surface area contributed by atoms with Crippen molar-refractivity contribution in [1.82, 2.24) is 10.6 Å². The van der Waals surface area contributed by atoms with Gasteiger partial charge in [0.2, 0.25) is 5.91 Å². The molecule has 0 aliphatic carbocycles. The van der Waals surface area contributed by atoms with Crippen molar-refractivity contribution in [1.29, 1.82) is 0 Å². The zero-order valence-corrected chi connectivity index (χ0v) is 24.0. The molecule has 0 aromatic heterocycles. The Kier molecular flexibility index (Phi) is 35.7. The van der Waals surface area contributed by atoms with Crippen molar-refractivity contribution in [3.63, 3.8) is 0 Å². The van der Waals surface area contributed by atoms with Gasteiger partial charge in [-0.1, -0.05) is 51.1 Å². The van der Waals surface area contributed by atoms with E-state index in [1.54, 1.807) is 11.8 Å². The van der Waals surface area contributed by atoms with Gasteiger partial charge in [0.25, 0.3) is 0 Å². The number of rotatable bonds is 11. The predicted octanol–water partition coefficient (Wildman–Crippen LogP) is 1.86. The molecule has 1 rings (SSSR count). The molecule has 0 radical (unpaired) electrons. The molecule has 13 heteroatoms. The van der Waals surface area contributed by atoms with Gasteiger partial charge in [-0.3, -0.25) is 19.2 Å². The summed E-state index contributed by atoms with van der Waals surface area (Å²) >= 11 is 6.60. The number of carboxylic acid groups (broad SMARTS) is 3. The van der Waals surface area contributed by atoms with Gasteiger partial charge >= 0.3 is 17.9 Å². The third-order valence-corrected chi connectivity index (χ3v) is 4.20. The van der Waals surface area contributed by atoms with Gasteiger partial charge in [-0.25, -0.2) is 0 Å². The lowest BCUT2D eigenvalue weighted by Gasteiger charge is -2.04. The second-order valence-corrected chi connectivity index (χ2v) is 8.41. The SMILES string of the molecule is CC(=O)NCC(=O)O.CCCl.CCNCC.CSCCC(N)C(=O)O.NC(Cc1ccccc1)C(=O)O. The highest BCUT2D eigenvalue weighted by Gasteiger charge is 2.11. The Bertz CT molecular complexity index is 685. The van der Waals surface area contributed by atoms with Crippen LogP contribution in [0.2, 0.25) is 0 Å². The van der Waals surface area contributed by atoms with Crippen LogP contribution in [0.4, 0.5) is 0 Å². The first-order valence-corrected chi connectivity index (χ1v) is 13.5. The predicted molar refractivity (Wildman–Crippen MR) is 151 cm³/mol. The molecular weight excluding hydrogens is 524 g/mol. The Balaban J connectivity index is -0.000000197. The van der Waals surface area contributed by atoms with Crippen LogP contribution in [0.3, 0.4) is 0 Å². The van der Waals surface area contributed by atoms with Crippen molar-refractivity contribution in [3.8, 4) is 0 Å². The normalized spacial score (nSPS) is 10.6. The summed E-state index contributed by atoms with van der Waals surface area (Å²) in [5.74, 6) is -1.69. The summed E-state index contributed by atoms with van der Waals surface area (Å²) in [6.07, 6.45) is 2.86. The van der Waals surface area contributed by atoms with Gasteiger partial charge in [0.1, 0.15) is 18.6 Å². The third kappa shape index (κ3) is 41.0. The molecule has 0 aliphatic rings. The van der Waals surface area contributed by atoms with Crippen LogP contribution in [0.25, 0.3) is 0 Å². The van der Waals surface area contributed by atoms with Gasteiger partial charge in [0.15, 0.2) is 0 Å². The summed E-state index contributed by atoms with van der Waals surface area (Å²) in [5.41, 5.74) is 11.5. The maximum absolute atomic E-state index is 10.4. The van der Waals surface area contributed by atoms with Crippen LogP contribution >= 0.6 is 23.4 Å². The summed E-state index contributed by atoms with van der Waals surface area (Å²) in [4.78, 5) is 40.1. The molecule has 0 aliphatic heterocycles. The minimum Gasteiger partial charge on any atom is -0.480 e. The molecule has 9 N–H and O–H groups in total. The quantitative estimate of drug-likeness (QED) is 0.192. The lowest BCUT2D eigenvalue weighted by Crippen LogP contribution is -2.32. The highest BCUT2D eigenvalue weighted by atomic mass is 35.5. The smallest absolute Gasteiger partial charge is 0.322 e.